The van der Waals surface area contributed by atoms with E-state index in [1.807, 2.05) is 0 Å². The molecule has 1 amide bonds. The van der Waals surface area contributed by atoms with E-state index in [0.717, 1.165) is 11.8 Å². The smallest absolute Gasteiger partial charge is 0.299 e. The maximum Gasteiger partial charge on any atom is 0.299 e. The molecule has 0 bridgehead atoms. The van der Waals surface area contributed by atoms with Crippen molar-refractivity contribution in [3.63, 3.8) is 0 Å². The van der Waals surface area contributed by atoms with Crippen molar-refractivity contribution in [2.45, 2.75) is 5.56 Å². The summed E-state index contributed by atoms with van der Waals surface area (Å²) in [5, 5.41) is 1.39. The van der Waals surface area contributed by atoms with Gasteiger partial charge in [-0.25, -0.2) is 0 Å². The maximum atomic E-state index is 10.7. The molecule has 5 heteroatoms. The van der Waals surface area contributed by atoms with E-state index < -0.39 is 0 Å². The number of amides is 1. The summed E-state index contributed by atoms with van der Waals surface area (Å²) in [6.45, 7) is 0. The summed E-state index contributed by atoms with van der Waals surface area (Å²) < 4.78 is 4.84. The van der Waals surface area contributed by atoms with Crippen LogP contribution in [0.25, 0.3) is 0 Å². The summed E-state index contributed by atoms with van der Waals surface area (Å²) in [5.74, 6) is 0. The Kier molecular flexibility index (Phi) is 1.94. The normalized spacial score (nSPS) is 27.6. The molecule has 0 saturated carbocycles. The predicted octanol–water partition coefficient (Wildman–Crippen LogP) is 0.220. The van der Waals surface area contributed by atoms with Gasteiger partial charge in [-0.05, 0) is 11.8 Å². The third-order valence-corrected chi connectivity index (χ3v) is 1.98. The third-order valence-electron chi connectivity index (χ3n) is 0.995. The zero-order valence-corrected chi connectivity index (χ0v) is 6.07. The largest absolute Gasteiger partial charge is 0.355 e. The lowest BCUT2D eigenvalue weighted by molar-refractivity contribution is 0.103. The Morgan fingerprint density at radius 2 is 2.56 bits per heavy atom. The second-order valence-corrected chi connectivity index (χ2v) is 2.65. The Hall–Kier alpha value is -0.260. The van der Waals surface area contributed by atoms with Crippen LogP contribution in [-0.2, 0) is 4.74 Å². The Morgan fingerprint density at radius 3 is 2.78 bits per heavy atom. The highest BCUT2D eigenvalue weighted by molar-refractivity contribution is 8.14. The second kappa shape index (κ2) is 2.55. The molecule has 1 rings (SSSR count). The van der Waals surface area contributed by atoms with Crippen LogP contribution in [0.3, 0.4) is 0 Å². The minimum absolute atomic E-state index is 0.0122. The van der Waals surface area contributed by atoms with Crippen LogP contribution in [0.4, 0.5) is 4.79 Å². The fourth-order valence-electron chi connectivity index (χ4n) is 0.509. The molecule has 0 aromatic rings. The molecule has 1 unspecified atom stereocenters. The van der Waals surface area contributed by atoms with Crippen LogP contribution < -0.4 is 5.43 Å². The van der Waals surface area contributed by atoms with Crippen LogP contribution in [0.15, 0.2) is 0 Å². The Bertz CT molecular complexity index is 130. The number of nitrogens with one attached hydrogen (secondary N) is 1. The van der Waals surface area contributed by atoms with E-state index in [4.69, 9.17) is 4.74 Å². The first-order valence-electron chi connectivity index (χ1n) is 2.47. The molecule has 0 spiro atoms. The molecule has 1 saturated heterocycles. The Labute approximate surface area is 57.5 Å². The topological polar surface area (TPSA) is 41.6 Å². The maximum absolute atomic E-state index is 10.7. The number of rotatable bonds is 1. The second-order valence-electron chi connectivity index (χ2n) is 1.64. The number of methoxy groups -OCH3 is 1. The van der Waals surface area contributed by atoms with Crippen molar-refractivity contribution in [1.82, 2.24) is 10.4 Å². The van der Waals surface area contributed by atoms with Crippen LogP contribution in [0, 0.1) is 0 Å². The van der Waals surface area contributed by atoms with Crippen LogP contribution in [0.2, 0.25) is 0 Å². The quantitative estimate of drug-likeness (QED) is 0.577. The number of hydrazine groups is 1. The number of ether oxygens (including phenoxy) is 1. The first-order chi connectivity index (χ1) is 4.24. The molecule has 0 aromatic carbocycles. The molecule has 52 valence electrons. The summed E-state index contributed by atoms with van der Waals surface area (Å²) in [6, 6.07) is 0. The minimum atomic E-state index is -0.206. The molecule has 0 radical (unpaired) electrons. The first kappa shape index (κ1) is 6.85. The van der Waals surface area contributed by atoms with Gasteiger partial charge in [-0.2, -0.15) is 5.43 Å². The first-order valence-corrected chi connectivity index (χ1v) is 3.35. The van der Waals surface area contributed by atoms with Gasteiger partial charge < -0.3 is 4.74 Å². The van der Waals surface area contributed by atoms with Gasteiger partial charge in [-0.1, -0.05) is 0 Å². The molecular weight excluding hydrogens is 140 g/mol. The summed E-state index contributed by atoms with van der Waals surface area (Å²) in [5.41, 5.74) is 2.57. The lowest BCUT2D eigenvalue weighted by atomic mass is 11.1. The zero-order chi connectivity index (χ0) is 6.85. The highest BCUT2D eigenvalue weighted by atomic mass is 32.2. The summed E-state index contributed by atoms with van der Waals surface area (Å²) in [7, 11) is 3.21. The standard InChI is InChI=1S/C4H8N2O2S/c1-6-4(7)9-3(5-6)8-2/h3,5H,1-2H3. The van der Waals surface area contributed by atoms with E-state index in [1.165, 1.54) is 5.01 Å². The molecule has 9 heavy (non-hydrogen) atoms. The van der Waals surface area contributed by atoms with Crippen molar-refractivity contribution >= 4 is 17.0 Å². The van der Waals surface area contributed by atoms with Gasteiger partial charge in [0.2, 0.25) is 0 Å². The van der Waals surface area contributed by atoms with Crippen LogP contribution in [0.1, 0.15) is 0 Å². The molecular formula is C4H8N2O2S. The van der Waals surface area contributed by atoms with Gasteiger partial charge in [-0.3, -0.25) is 9.80 Å². The van der Waals surface area contributed by atoms with Crippen LogP contribution >= 0.6 is 11.8 Å². The van der Waals surface area contributed by atoms with Crippen molar-refractivity contribution < 1.29 is 9.53 Å². The Morgan fingerprint density at radius 1 is 1.89 bits per heavy atom. The van der Waals surface area contributed by atoms with E-state index in [0.29, 0.717) is 0 Å². The van der Waals surface area contributed by atoms with Crippen molar-refractivity contribution in [2.75, 3.05) is 14.2 Å². The molecule has 1 atom stereocenters. The number of nitrogens with zero attached hydrogens (tertiary/aromatic N) is 1. The highest BCUT2D eigenvalue weighted by Gasteiger charge is 2.26. The molecule has 1 aliphatic heterocycles. The molecule has 1 N–H and O–H groups in total. The van der Waals surface area contributed by atoms with Crippen molar-refractivity contribution in [3.8, 4) is 0 Å². The molecule has 0 aliphatic carbocycles. The fraction of sp³-hybridized carbons (Fsp3) is 0.750. The van der Waals surface area contributed by atoms with Crippen LogP contribution in [-0.4, -0.2) is 30.0 Å². The van der Waals surface area contributed by atoms with Gasteiger partial charge in [-0.15, -0.1) is 0 Å². The highest BCUT2D eigenvalue weighted by Crippen LogP contribution is 2.19. The monoisotopic (exact) mass is 148 g/mol. The number of carbonyl (C=O) groups excluding carboxylic acids is 1. The predicted molar refractivity (Wildman–Crippen MR) is 34.7 cm³/mol. The third kappa shape index (κ3) is 1.35. The fourth-order valence-corrected chi connectivity index (χ4v) is 1.21. The molecule has 0 aromatic heterocycles. The zero-order valence-electron chi connectivity index (χ0n) is 5.25. The van der Waals surface area contributed by atoms with Gasteiger partial charge >= 0.3 is 0 Å². The van der Waals surface area contributed by atoms with Gasteiger partial charge in [0.25, 0.3) is 5.24 Å². The van der Waals surface area contributed by atoms with E-state index in [1.54, 1.807) is 14.2 Å². The molecule has 1 heterocycles. The molecule has 1 aliphatic rings. The molecule has 1 fully saturated rings. The number of carbonyl (C=O) groups is 1. The van der Waals surface area contributed by atoms with E-state index in [2.05, 4.69) is 5.43 Å². The number of thioether (sulfide) groups is 1. The average Bonchev–Trinajstić information content (AvgIpc) is 2.13. The SMILES string of the molecule is COC1NN(C)C(=O)S1. The molecule has 4 nitrogen and oxygen atoms in total. The minimum Gasteiger partial charge on any atom is -0.355 e. The van der Waals surface area contributed by atoms with Crippen LogP contribution in [0.5, 0.6) is 0 Å². The summed E-state index contributed by atoms with van der Waals surface area (Å²) in [4.78, 5) is 10.7. The van der Waals surface area contributed by atoms with E-state index in [9.17, 15) is 4.79 Å². The van der Waals surface area contributed by atoms with Gasteiger partial charge in [0.15, 0.2) is 5.56 Å². The lowest BCUT2D eigenvalue weighted by Crippen LogP contribution is -2.34. The number of hydrogen-bond donors (Lipinski definition) is 1. The summed E-state index contributed by atoms with van der Waals surface area (Å²) >= 11 is 1.13. The van der Waals surface area contributed by atoms with Gasteiger partial charge in [0.1, 0.15) is 0 Å². The Balaban J connectivity index is 2.44. The van der Waals surface area contributed by atoms with Gasteiger partial charge in [0, 0.05) is 14.2 Å². The van der Waals surface area contributed by atoms with E-state index >= 15 is 0 Å². The van der Waals surface area contributed by atoms with Crippen molar-refractivity contribution in [3.05, 3.63) is 0 Å². The van der Waals surface area contributed by atoms with Gasteiger partial charge in [0.05, 0.1) is 0 Å². The average molecular weight is 148 g/mol. The van der Waals surface area contributed by atoms with Crippen molar-refractivity contribution in [1.29, 1.82) is 0 Å². The van der Waals surface area contributed by atoms with Crippen molar-refractivity contribution in [2.24, 2.45) is 0 Å². The number of hydrogen-bond acceptors (Lipinski definition) is 4. The van der Waals surface area contributed by atoms with E-state index in [-0.39, 0.29) is 10.8 Å². The summed E-state index contributed by atoms with van der Waals surface area (Å²) in [6.07, 6.45) is 0. The lowest BCUT2D eigenvalue weighted by Gasteiger charge is -2.08.